The third-order valence-electron chi connectivity index (χ3n) is 5.82. The molecule has 0 aliphatic carbocycles. The van der Waals surface area contributed by atoms with Crippen LogP contribution in [0, 0.1) is 0 Å². The van der Waals surface area contributed by atoms with Gasteiger partial charge in [-0.2, -0.15) is 4.68 Å². The minimum absolute atomic E-state index is 0.249. The summed E-state index contributed by atoms with van der Waals surface area (Å²) >= 11 is 2.99. The van der Waals surface area contributed by atoms with Gasteiger partial charge < -0.3 is 14.8 Å². The maximum absolute atomic E-state index is 13.3. The quantitative estimate of drug-likeness (QED) is 0.156. The van der Waals surface area contributed by atoms with Gasteiger partial charge in [0.25, 0.3) is 0 Å². The number of esters is 1. The lowest BCUT2D eigenvalue weighted by Crippen LogP contribution is -2.31. The number of carbonyl (C=O) groups excluding carboxylic acids is 1. The number of thioether (sulfide) groups is 1. The third-order valence-corrected chi connectivity index (χ3v) is 7.96. The van der Waals surface area contributed by atoms with Crippen molar-refractivity contribution in [2.24, 2.45) is 0 Å². The Labute approximate surface area is 228 Å². The standard InChI is InChI=1S/C26H27N7O3S2/c1-3-5-15-36-19-13-11-17(12-14-19)22-21(24(34)35-4-2)20(27-25-29-31-32-33(22)25)16-37-26-30-28-23(38-26)18-9-7-6-8-10-18/h6-14,22H,3-5,15-16H2,1-2H3,(H,27,29,32). The van der Waals surface area contributed by atoms with Crippen LogP contribution in [0.25, 0.3) is 10.6 Å². The molecule has 0 saturated carbocycles. The third kappa shape index (κ3) is 5.70. The molecular weight excluding hydrogens is 522 g/mol. The summed E-state index contributed by atoms with van der Waals surface area (Å²) in [6, 6.07) is 17.0. The van der Waals surface area contributed by atoms with Crippen LogP contribution in [0.15, 0.2) is 70.2 Å². The van der Waals surface area contributed by atoms with E-state index in [0.29, 0.717) is 29.6 Å². The molecule has 12 heteroatoms. The summed E-state index contributed by atoms with van der Waals surface area (Å²) in [5.41, 5.74) is 2.98. The van der Waals surface area contributed by atoms with E-state index in [1.165, 1.54) is 23.1 Å². The number of nitrogens with zero attached hydrogens (tertiary/aromatic N) is 6. The Morgan fingerprint density at radius 3 is 2.66 bits per heavy atom. The molecule has 1 aliphatic heterocycles. The average molecular weight is 550 g/mol. The molecule has 10 nitrogen and oxygen atoms in total. The summed E-state index contributed by atoms with van der Waals surface area (Å²) in [7, 11) is 0. The number of aromatic nitrogens is 6. The van der Waals surface area contributed by atoms with E-state index in [-0.39, 0.29) is 6.61 Å². The first-order valence-electron chi connectivity index (χ1n) is 12.4. The van der Waals surface area contributed by atoms with Crippen LogP contribution in [0.2, 0.25) is 0 Å². The summed E-state index contributed by atoms with van der Waals surface area (Å²) in [5, 5.41) is 24.9. The second-order valence-electron chi connectivity index (χ2n) is 8.39. The summed E-state index contributed by atoms with van der Waals surface area (Å²) in [6.07, 6.45) is 2.05. The molecule has 5 rings (SSSR count). The molecule has 1 unspecified atom stereocenters. The first-order chi connectivity index (χ1) is 18.7. The molecule has 4 aromatic rings. The highest BCUT2D eigenvalue weighted by molar-refractivity contribution is 8.01. The van der Waals surface area contributed by atoms with E-state index in [0.717, 1.165) is 39.1 Å². The Morgan fingerprint density at radius 2 is 1.89 bits per heavy atom. The van der Waals surface area contributed by atoms with Crippen molar-refractivity contribution in [2.45, 2.75) is 37.1 Å². The van der Waals surface area contributed by atoms with Crippen molar-refractivity contribution in [3.05, 3.63) is 71.4 Å². The number of rotatable bonds is 11. The zero-order chi connectivity index (χ0) is 26.3. The number of hydrogen-bond acceptors (Lipinski definition) is 11. The summed E-state index contributed by atoms with van der Waals surface area (Å²) < 4.78 is 13.7. The highest BCUT2D eigenvalue weighted by Crippen LogP contribution is 2.38. The van der Waals surface area contributed by atoms with Crippen molar-refractivity contribution in [3.63, 3.8) is 0 Å². The van der Waals surface area contributed by atoms with E-state index < -0.39 is 12.0 Å². The number of carbonyl (C=O) groups is 1. The van der Waals surface area contributed by atoms with Crippen LogP contribution in [-0.2, 0) is 9.53 Å². The number of fused-ring (bicyclic) bond motifs is 1. The first kappa shape index (κ1) is 25.9. The number of tetrazole rings is 1. The summed E-state index contributed by atoms with van der Waals surface area (Å²) in [6.45, 7) is 4.82. The molecule has 1 atom stereocenters. The van der Waals surface area contributed by atoms with Crippen LogP contribution in [0.3, 0.4) is 0 Å². The van der Waals surface area contributed by atoms with Crippen molar-refractivity contribution >= 4 is 35.0 Å². The summed E-state index contributed by atoms with van der Waals surface area (Å²) in [5.74, 6) is 1.23. The number of ether oxygens (including phenoxy) is 2. The van der Waals surface area contributed by atoms with Gasteiger partial charge >= 0.3 is 5.97 Å². The molecule has 0 bridgehead atoms. The molecule has 0 amide bonds. The van der Waals surface area contributed by atoms with Gasteiger partial charge in [-0.05, 0) is 41.5 Å². The van der Waals surface area contributed by atoms with E-state index >= 15 is 0 Å². The Balaban J connectivity index is 1.44. The maximum atomic E-state index is 13.3. The van der Waals surface area contributed by atoms with E-state index in [2.05, 4.69) is 38.0 Å². The SMILES string of the molecule is CCCCOc1ccc(C2C(C(=O)OCC)=C(CSc3nnc(-c4ccccc4)s3)Nc3nnnn32)cc1. The van der Waals surface area contributed by atoms with E-state index in [1.54, 1.807) is 11.6 Å². The molecule has 3 heterocycles. The van der Waals surface area contributed by atoms with Gasteiger partial charge in [0, 0.05) is 17.0 Å². The lowest BCUT2D eigenvalue weighted by atomic mass is 9.95. The first-order valence-corrected chi connectivity index (χ1v) is 14.2. The fraction of sp³-hybridized carbons (Fsp3) is 0.308. The minimum Gasteiger partial charge on any atom is -0.494 e. The monoisotopic (exact) mass is 549 g/mol. The molecule has 0 spiro atoms. The smallest absolute Gasteiger partial charge is 0.338 e. The minimum atomic E-state index is -0.560. The van der Waals surface area contributed by atoms with Crippen molar-refractivity contribution in [2.75, 3.05) is 24.3 Å². The topological polar surface area (TPSA) is 117 Å². The molecule has 2 aromatic heterocycles. The lowest BCUT2D eigenvalue weighted by molar-refractivity contribution is -0.139. The molecular formula is C26H27N7O3S2. The molecule has 2 aromatic carbocycles. The number of nitrogens with one attached hydrogen (secondary N) is 1. The fourth-order valence-corrected chi connectivity index (χ4v) is 5.81. The number of anilines is 1. The second-order valence-corrected chi connectivity index (χ2v) is 10.6. The van der Waals surface area contributed by atoms with Gasteiger partial charge in [-0.1, -0.05) is 84.0 Å². The molecule has 0 saturated heterocycles. The highest BCUT2D eigenvalue weighted by atomic mass is 32.2. The Hall–Kier alpha value is -3.77. The van der Waals surface area contributed by atoms with Crippen LogP contribution in [-0.4, -0.2) is 55.3 Å². The number of benzene rings is 2. The van der Waals surface area contributed by atoms with Gasteiger partial charge in [-0.25, -0.2) is 4.79 Å². The molecule has 196 valence electrons. The van der Waals surface area contributed by atoms with Crippen molar-refractivity contribution in [1.29, 1.82) is 0 Å². The van der Waals surface area contributed by atoms with Gasteiger partial charge in [-0.15, -0.1) is 10.2 Å². The van der Waals surface area contributed by atoms with Crippen molar-refractivity contribution < 1.29 is 14.3 Å². The van der Waals surface area contributed by atoms with Crippen LogP contribution in [0.4, 0.5) is 5.95 Å². The Morgan fingerprint density at radius 1 is 1.08 bits per heavy atom. The largest absolute Gasteiger partial charge is 0.494 e. The number of unbranched alkanes of at least 4 members (excludes halogenated alkanes) is 1. The predicted octanol–water partition coefficient (Wildman–Crippen LogP) is 4.99. The van der Waals surface area contributed by atoms with Crippen LogP contribution < -0.4 is 10.1 Å². The van der Waals surface area contributed by atoms with Crippen LogP contribution >= 0.6 is 23.1 Å². The fourth-order valence-electron chi connectivity index (χ4n) is 3.98. The van der Waals surface area contributed by atoms with Crippen LogP contribution in [0.5, 0.6) is 5.75 Å². The molecule has 1 aliphatic rings. The number of hydrogen-bond donors (Lipinski definition) is 1. The normalized spacial score (nSPS) is 14.6. The van der Waals surface area contributed by atoms with Gasteiger partial charge in [0.15, 0.2) is 4.34 Å². The lowest BCUT2D eigenvalue weighted by Gasteiger charge is -2.28. The Kier molecular flexibility index (Phi) is 8.29. The molecule has 38 heavy (non-hydrogen) atoms. The van der Waals surface area contributed by atoms with E-state index in [9.17, 15) is 4.79 Å². The van der Waals surface area contributed by atoms with Crippen LogP contribution in [0.1, 0.15) is 38.3 Å². The molecule has 1 N–H and O–H groups in total. The molecule has 0 radical (unpaired) electrons. The second kappa shape index (κ2) is 12.2. The van der Waals surface area contributed by atoms with Crippen molar-refractivity contribution in [1.82, 2.24) is 30.4 Å². The highest BCUT2D eigenvalue weighted by Gasteiger charge is 2.36. The van der Waals surface area contributed by atoms with Crippen molar-refractivity contribution in [3.8, 4) is 16.3 Å². The zero-order valence-electron chi connectivity index (χ0n) is 21.0. The average Bonchev–Trinajstić information content (AvgIpc) is 3.62. The van der Waals surface area contributed by atoms with Gasteiger partial charge in [0.2, 0.25) is 5.95 Å². The van der Waals surface area contributed by atoms with Gasteiger partial charge in [0.1, 0.15) is 16.8 Å². The molecule has 0 fully saturated rings. The van der Waals surface area contributed by atoms with E-state index in [1.807, 2.05) is 54.6 Å². The van der Waals surface area contributed by atoms with Gasteiger partial charge in [0.05, 0.1) is 18.8 Å². The van der Waals surface area contributed by atoms with E-state index in [4.69, 9.17) is 9.47 Å². The maximum Gasteiger partial charge on any atom is 0.338 e. The summed E-state index contributed by atoms with van der Waals surface area (Å²) in [4.78, 5) is 13.3. The van der Waals surface area contributed by atoms with Gasteiger partial charge in [-0.3, -0.25) is 0 Å². The predicted molar refractivity (Wildman–Crippen MR) is 146 cm³/mol. The Bertz CT molecular complexity index is 1400. The zero-order valence-corrected chi connectivity index (χ0v) is 22.7.